The topological polar surface area (TPSA) is 67.7 Å². The first-order valence-corrected chi connectivity index (χ1v) is 6.20. The number of rotatable bonds is 6. The second-order valence-corrected chi connectivity index (χ2v) is 4.12. The van der Waals surface area contributed by atoms with Crippen molar-refractivity contribution in [2.24, 2.45) is 0 Å². The van der Waals surface area contributed by atoms with Gasteiger partial charge in [-0.3, -0.25) is 0 Å². The second-order valence-electron chi connectivity index (χ2n) is 4.12. The molecule has 0 saturated carbocycles. The average Bonchev–Trinajstić information content (AvgIpc) is 2.48. The Labute approximate surface area is 117 Å². The minimum absolute atomic E-state index is 0.0451. The number of hydrogen-bond acceptors (Lipinski definition) is 6. The molecule has 0 radical (unpaired) electrons. The summed E-state index contributed by atoms with van der Waals surface area (Å²) in [5.74, 6) is 2.39. The van der Waals surface area contributed by atoms with E-state index in [1.807, 2.05) is 19.2 Å². The fraction of sp³-hybridized carbons (Fsp3) is 0.286. The van der Waals surface area contributed by atoms with E-state index in [9.17, 15) is 0 Å². The first kappa shape index (κ1) is 14.1. The number of hydrogen-bond donors (Lipinski definition) is 1. The summed E-state index contributed by atoms with van der Waals surface area (Å²) in [5.41, 5.74) is 0. The fourth-order valence-corrected chi connectivity index (χ4v) is 1.59. The molecule has 20 heavy (non-hydrogen) atoms. The summed E-state index contributed by atoms with van der Waals surface area (Å²) in [5, 5.41) is 8.91. The summed E-state index contributed by atoms with van der Waals surface area (Å²) in [4.78, 5) is 10.2. The molecule has 0 aliphatic rings. The van der Waals surface area contributed by atoms with E-state index in [2.05, 4.69) is 9.97 Å². The van der Waals surface area contributed by atoms with Crippen molar-refractivity contribution in [3.05, 3.63) is 36.5 Å². The molecule has 0 aliphatic carbocycles. The molecule has 0 bridgehead atoms. The maximum atomic E-state index is 8.91. The normalized spacial score (nSPS) is 10.2. The Hall–Kier alpha value is -2.34. The molecule has 0 amide bonds. The lowest BCUT2D eigenvalue weighted by Gasteiger charge is -2.15. The summed E-state index contributed by atoms with van der Waals surface area (Å²) in [6, 6.07) is 8.92. The maximum Gasteiger partial charge on any atom is 0.228 e. The Morgan fingerprint density at radius 2 is 1.85 bits per heavy atom. The Kier molecular flexibility index (Phi) is 4.73. The van der Waals surface area contributed by atoms with Gasteiger partial charge in [0.1, 0.15) is 11.5 Å². The molecule has 0 aliphatic heterocycles. The van der Waals surface area contributed by atoms with Gasteiger partial charge in [0.2, 0.25) is 11.8 Å². The Morgan fingerprint density at radius 3 is 2.50 bits per heavy atom. The van der Waals surface area contributed by atoms with Crippen LogP contribution in [0, 0.1) is 0 Å². The van der Waals surface area contributed by atoms with E-state index in [4.69, 9.17) is 14.6 Å². The minimum atomic E-state index is 0.0451. The molecule has 0 fully saturated rings. The van der Waals surface area contributed by atoms with Crippen LogP contribution in [0.2, 0.25) is 0 Å². The standard InChI is InChI=1S/C14H17N3O3/c1-17(9-10-18)14-15-8-7-13(16-14)20-12-5-3-11(19-2)4-6-12/h3-8,18H,9-10H2,1-2H3. The van der Waals surface area contributed by atoms with E-state index in [1.165, 1.54) is 0 Å². The molecule has 1 aromatic carbocycles. The molecule has 2 aromatic rings. The highest BCUT2D eigenvalue weighted by Crippen LogP contribution is 2.23. The van der Waals surface area contributed by atoms with Crippen molar-refractivity contribution in [3.63, 3.8) is 0 Å². The van der Waals surface area contributed by atoms with Gasteiger partial charge in [-0.25, -0.2) is 4.98 Å². The number of ether oxygens (including phenoxy) is 2. The van der Waals surface area contributed by atoms with E-state index in [-0.39, 0.29) is 6.61 Å². The molecule has 106 valence electrons. The largest absolute Gasteiger partial charge is 0.497 e. The van der Waals surface area contributed by atoms with Crippen LogP contribution in [0.4, 0.5) is 5.95 Å². The highest BCUT2D eigenvalue weighted by molar-refractivity contribution is 5.35. The highest BCUT2D eigenvalue weighted by Gasteiger charge is 2.06. The van der Waals surface area contributed by atoms with Crippen molar-refractivity contribution in [1.29, 1.82) is 0 Å². The predicted molar refractivity (Wildman–Crippen MR) is 75.5 cm³/mol. The SMILES string of the molecule is COc1ccc(Oc2ccnc(N(C)CCO)n2)cc1. The summed E-state index contributed by atoms with van der Waals surface area (Å²) in [6.07, 6.45) is 1.62. The third kappa shape index (κ3) is 3.58. The minimum Gasteiger partial charge on any atom is -0.497 e. The van der Waals surface area contributed by atoms with Gasteiger partial charge in [-0.1, -0.05) is 0 Å². The number of aliphatic hydroxyl groups excluding tert-OH is 1. The van der Waals surface area contributed by atoms with E-state index in [0.717, 1.165) is 5.75 Å². The van der Waals surface area contributed by atoms with E-state index in [0.29, 0.717) is 24.1 Å². The lowest BCUT2D eigenvalue weighted by Crippen LogP contribution is -2.23. The van der Waals surface area contributed by atoms with Crippen molar-refractivity contribution in [2.45, 2.75) is 0 Å². The number of methoxy groups -OCH3 is 1. The molecule has 0 spiro atoms. The Balaban J connectivity index is 2.10. The number of aliphatic hydroxyl groups is 1. The Bertz CT molecular complexity index is 546. The Morgan fingerprint density at radius 1 is 1.15 bits per heavy atom. The molecule has 6 heteroatoms. The molecule has 0 unspecified atom stereocenters. The summed E-state index contributed by atoms with van der Waals surface area (Å²) in [7, 11) is 3.42. The van der Waals surface area contributed by atoms with Crippen molar-refractivity contribution in [1.82, 2.24) is 9.97 Å². The van der Waals surface area contributed by atoms with Gasteiger partial charge in [-0.05, 0) is 24.3 Å². The number of anilines is 1. The molecule has 1 N–H and O–H groups in total. The molecule has 0 saturated heterocycles. The molecular formula is C14H17N3O3. The van der Waals surface area contributed by atoms with Gasteiger partial charge in [-0.15, -0.1) is 0 Å². The fourth-order valence-electron chi connectivity index (χ4n) is 1.59. The van der Waals surface area contributed by atoms with Crippen LogP contribution in [0.1, 0.15) is 0 Å². The van der Waals surface area contributed by atoms with Crippen LogP contribution in [-0.2, 0) is 0 Å². The van der Waals surface area contributed by atoms with Crippen molar-refractivity contribution in [3.8, 4) is 17.4 Å². The molecular weight excluding hydrogens is 258 g/mol. The van der Waals surface area contributed by atoms with E-state index >= 15 is 0 Å². The zero-order chi connectivity index (χ0) is 14.4. The van der Waals surface area contributed by atoms with Crippen LogP contribution < -0.4 is 14.4 Å². The van der Waals surface area contributed by atoms with Gasteiger partial charge >= 0.3 is 0 Å². The molecule has 1 aromatic heterocycles. The van der Waals surface area contributed by atoms with Gasteiger partial charge < -0.3 is 19.5 Å². The summed E-state index contributed by atoms with van der Waals surface area (Å²) in [6.45, 7) is 0.509. The number of nitrogens with zero attached hydrogens (tertiary/aromatic N) is 3. The van der Waals surface area contributed by atoms with Gasteiger partial charge in [0.05, 0.1) is 13.7 Å². The summed E-state index contributed by atoms with van der Waals surface area (Å²) < 4.78 is 10.7. The molecule has 2 rings (SSSR count). The van der Waals surface area contributed by atoms with Crippen LogP contribution in [0.25, 0.3) is 0 Å². The lowest BCUT2D eigenvalue weighted by atomic mass is 10.3. The summed E-state index contributed by atoms with van der Waals surface area (Å²) >= 11 is 0. The van der Waals surface area contributed by atoms with Gasteiger partial charge in [0, 0.05) is 25.9 Å². The first-order valence-electron chi connectivity index (χ1n) is 6.20. The predicted octanol–water partition coefficient (Wildman–Crippen LogP) is 1.71. The quantitative estimate of drug-likeness (QED) is 0.865. The van der Waals surface area contributed by atoms with Crippen molar-refractivity contribution in [2.75, 3.05) is 32.2 Å². The lowest BCUT2D eigenvalue weighted by molar-refractivity contribution is 0.303. The van der Waals surface area contributed by atoms with Crippen LogP contribution >= 0.6 is 0 Å². The monoisotopic (exact) mass is 275 g/mol. The molecule has 0 atom stereocenters. The molecule has 1 heterocycles. The van der Waals surface area contributed by atoms with Crippen LogP contribution in [0.5, 0.6) is 17.4 Å². The van der Waals surface area contributed by atoms with Crippen LogP contribution in [0.3, 0.4) is 0 Å². The smallest absolute Gasteiger partial charge is 0.228 e. The van der Waals surface area contributed by atoms with E-state index in [1.54, 1.807) is 36.4 Å². The maximum absolute atomic E-state index is 8.91. The third-order valence-electron chi connectivity index (χ3n) is 2.68. The van der Waals surface area contributed by atoms with Gasteiger partial charge in [-0.2, -0.15) is 4.98 Å². The zero-order valence-electron chi connectivity index (χ0n) is 11.5. The van der Waals surface area contributed by atoms with Crippen molar-refractivity contribution < 1.29 is 14.6 Å². The van der Waals surface area contributed by atoms with E-state index < -0.39 is 0 Å². The second kappa shape index (κ2) is 6.72. The van der Waals surface area contributed by atoms with Gasteiger partial charge in [0.25, 0.3) is 0 Å². The van der Waals surface area contributed by atoms with Crippen LogP contribution in [0.15, 0.2) is 36.5 Å². The number of likely N-dealkylation sites (N-methyl/N-ethyl adjacent to an activating group) is 1. The number of aromatic nitrogens is 2. The number of benzene rings is 1. The zero-order valence-corrected chi connectivity index (χ0v) is 11.5. The van der Waals surface area contributed by atoms with Gasteiger partial charge in [0.15, 0.2) is 0 Å². The highest BCUT2D eigenvalue weighted by atomic mass is 16.5. The first-order chi connectivity index (χ1) is 9.72. The molecule has 6 nitrogen and oxygen atoms in total. The van der Waals surface area contributed by atoms with Crippen molar-refractivity contribution >= 4 is 5.95 Å². The average molecular weight is 275 g/mol. The van der Waals surface area contributed by atoms with Crippen LogP contribution in [-0.4, -0.2) is 42.4 Å². The third-order valence-corrected chi connectivity index (χ3v) is 2.68.